The van der Waals surface area contributed by atoms with Crippen molar-refractivity contribution in [2.24, 2.45) is 0 Å². The molecule has 21 heavy (non-hydrogen) atoms. The van der Waals surface area contributed by atoms with Crippen molar-refractivity contribution in [1.82, 2.24) is 9.88 Å². The molecule has 0 aliphatic heterocycles. The number of methoxy groups -OCH3 is 1. The van der Waals surface area contributed by atoms with Gasteiger partial charge >= 0.3 is 0 Å². The van der Waals surface area contributed by atoms with Crippen LogP contribution in [0.3, 0.4) is 0 Å². The van der Waals surface area contributed by atoms with Crippen molar-refractivity contribution in [3.63, 3.8) is 0 Å². The highest BCUT2D eigenvalue weighted by molar-refractivity contribution is 7.84. The van der Waals surface area contributed by atoms with E-state index in [1.54, 1.807) is 13.4 Å². The molecule has 0 aliphatic rings. The highest BCUT2D eigenvalue weighted by Crippen LogP contribution is 2.12. The summed E-state index contributed by atoms with van der Waals surface area (Å²) in [6, 6.07) is 13.7. The maximum atomic E-state index is 11.4. The smallest absolute Gasteiger partial charge is 0.213 e. The standard InChI is InChI=1S/C16H20N2O2S/c1-18(12-14-5-4-6-16(17-14)20-2)11-13-7-9-15(10-8-13)21(3)19/h4-10H,11-12H2,1-3H3. The van der Waals surface area contributed by atoms with E-state index in [9.17, 15) is 4.21 Å². The minimum absolute atomic E-state index is 0.635. The lowest BCUT2D eigenvalue weighted by Crippen LogP contribution is -2.18. The van der Waals surface area contributed by atoms with E-state index in [4.69, 9.17) is 4.74 Å². The number of rotatable bonds is 6. The zero-order chi connectivity index (χ0) is 15.2. The Balaban J connectivity index is 1.97. The van der Waals surface area contributed by atoms with Gasteiger partial charge in [0.2, 0.25) is 5.88 Å². The summed E-state index contributed by atoms with van der Waals surface area (Å²) >= 11 is 0. The molecule has 0 saturated heterocycles. The van der Waals surface area contributed by atoms with Gasteiger partial charge < -0.3 is 4.74 Å². The summed E-state index contributed by atoms with van der Waals surface area (Å²) in [6.45, 7) is 1.56. The van der Waals surface area contributed by atoms with Crippen molar-refractivity contribution >= 4 is 10.8 Å². The molecule has 0 saturated carbocycles. The quantitative estimate of drug-likeness (QED) is 0.822. The normalized spacial score (nSPS) is 12.4. The maximum Gasteiger partial charge on any atom is 0.213 e. The summed E-state index contributed by atoms with van der Waals surface area (Å²) in [7, 11) is 2.75. The van der Waals surface area contributed by atoms with Crippen LogP contribution in [-0.2, 0) is 23.9 Å². The molecule has 2 aromatic rings. The van der Waals surface area contributed by atoms with E-state index in [0.717, 1.165) is 23.7 Å². The summed E-state index contributed by atoms with van der Waals surface area (Å²) in [6.07, 6.45) is 1.69. The van der Waals surface area contributed by atoms with Crippen LogP contribution in [0.4, 0.5) is 0 Å². The molecule has 1 unspecified atom stereocenters. The second kappa shape index (κ2) is 7.33. The van der Waals surface area contributed by atoms with E-state index in [0.29, 0.717) is 5.88 Å². The average Bonchev–Trinajstić information content (AvgIpc) is 2.47. The minimum atomic E-state index is -0.923. The first kappa shape index (κ1) is 15.7. The van der Waals surface area contributed by atoms with Gasteiger partial charge in [-0.3, -0.25) is 9.11 Å². The predicted molar refractivity (Wildman–Crippen MR) is 84.7 cm³/mol. The number of nitrogens with zero attached hydrogens (tertiary/aromatic N) is 2. The molecule has 0 fully saturated rings. The number of pyridine rings is 1. The van der Waals surface area contributed by atoms with Crippen LogP contribution in [0.25, 0.3) is 0 Å². The molecular weight excluding hydrogens is 284 g/mol. The van der Waals surface area contributed by atoms with Crippen molar-refractivity contribution < 1.29 is 8.95 Å². The van der Waals surface area contributed by atoms with Crippen LogP contribution in [0.15, 0.2) is 47.4 Å². The molecule has 0 radical (unpaired) electrons. The molecule has 1 aromatic heterocycles. The fourth-order valence-corrected chi connectivity index (χ4v) is 2.61. The molecule has 0 spiro atoms. The van der Waals surface area contributed by atoms with Gasteiger partial charge in [-0.2, -0.15) is 0 Å². The fourth-order valence-electron chi connectivity index (χ4n) is 2.09. The Morgan fingerprint density at radius 3 is 2.48 bits per heavy atom. The monoisotopic (exact) mass is 304 g/mol. The van der Waals surface area contributed by atoms with E-state index in [-0.39, 0.29) is 0 Å². The summed E-state index contributed by atoms with van der Waals surface area (Å²) < 4.78 is 16.5. The maximum absolute atomic E-state index is 11.4. The number of hydrogen-bond donors (Lipinski definition) is 0. The molecular formula is C16H20N2O2S. The first-order valence-electron chi connectivity index (χ1n) is 6.69. The highest BCUT2D eigenvalue weighted by Gasteiger charge is 2.05. The van der Waals surface area contributed by atoms with Crippen LogP contribution >= 0.6 is 0 Å². The molecule has 0 N–H and O–H groups in total. The van der Waals surface area contributed by atoms with Crippen molar-refractivity contribution in [1.29, 1.82) is 0 Å². The lowest BCUT2D eigenvalue weighted by molar-refractivity contribution is 0.312. The third-order valence-corrected chi connectivity index (χ3v) is 4.07. The number of benzene rings is 1. The fraction of sp³-hybridized carbons (Fsp3) is 0.312. The largest absolute Gasteiger partial charge is 0.481 e. The van der Waals surface area contributed by atoms with Gasteiger partial charge in [-0.15, -0.1) is 0 Å². The van der Waals surface area contributed by atoms with E-state index in [1.807, 2.05) is 49.5 Å². The molecule has 5 heteroatoms. The van der Waals surface area contributed by atoms with Gasteiger partial charge in [0.05, 0.1) is 12.8 Å². The van der Waals surface area contributed by atoms with Crippen LogP contribution in [0, 0.1) is 0 Å². The van der Waals surface area contributed by atoms with Gasteiger partial charge in [-0.05, 0) is 30.8 Å². The molecule has 1 atom stereocenters. The summed E-state index contributed by atoms with van der Waals surface area (Å²) in [5.74, 6) is 0.635. The van der Waals surface area contributed by atoms with Gasteiger partial charge in [-0.1, -0.05) is 18.2 Å². The van der Waals surface area contributed by atoms with Crippen LogP contribution in [0.1, 0.15) is 11.3 Å². The summed E-state index contributed by atoms with van der Waals surface area (Å²) in [5.41, 5.74) is 2.16. The first-order valence-corrected chi connectivity index (χ1v) is 8.25. The Morgan fingerprint density at radius 2 is 1.86 bits per heavy atom. The van der Waals surface area contributed by atoms with Crippen molar-refractivity contribution in [3.8, 4) is 5.88 Å². The first-order chi connectivity index (χ1) is 10.1. The van der Waals surface area contributed by atoms with Crippen LogP contribution in [0.5, 0.6) is 5.88 Å². The topological polar surface area (TPSA) is 42.4 Å². The van der Waals surface area contributed by atoms with Gasteiger partial charge in [-0.25, -0.2) is 4.98 Å². The lowest BCUT2D eigenvalue weighted by Gasteiger charge is -2.16. The Bertz CT molecular complexity index is 614. The van der Waals surface area contributed by atoms with E-state index < -0.39 is 10.8 Å². The Hall–Kier alpha value is -1.72. The minimum Gasteiger partial charge on any atom is -0.481 e. The average molecular weight is 304 g/mol. The molecule has 4 nitrogen and oxygen atoms in total. The Labute approximate surface area is 128 Å². The summed E-state index contributed by atoms with van der Waals surface area (Å²) in [4.78, 5) is 7.44. The van der Waals surface area contributed by atoms with Gasteiger partial charge in [0.1, 0.15) is 0 Å². The number of hydrogen-bond acceptors (Lipinski definition) is 4. The highest BCUT2D eigenvalue weighted by atomic mass is 32.2. The van der Waals surface area contributed by atoms with Crippen molar-refractivity contribution in [3.05, 3.63) is 53.7 Å². The molecule has 2 rings (SSSR count). The van der Waals surface area contributed by atoms with Crippen LogP contribution in [0.2, 0.25) is 0 Å². The zero-order valence-electron chi connectivity index (χ0n) is 12.6. The number of aromatic nitrogens is 1. The molecule has 0 bridgehead atoms. The SMILES string of the molecule is COc1cccc(CN(C)Cc2ccc(S(C)=O)cc2)n1. The molecule has 1 heterocycles. The molecule has 0 aliphatic carbocycles. The third kappa shape index (κ3) is 4.65. The van der Waals surface area contributed by atoms with E-state index >= 15 is 0 Å². The second-order valence-corrected chi connectivity index (χ2v) is 6.32. The second-order valence-electron chi connectivity index (χ2n) is 4.94. The van der Waals surface area contributed by atoms with Gasteiger partial charge in [0.25, 0.3) is 0 Å². The zero-order valence-corrected chi connectivity index (χ0v) is 13.4. The number of ether oxygens (including phenoxy) is 1. The third-order valence-electron chi connectivity index (χ3n) is 3.13. The van der Waals surface area contributed by atoms with Gasteiger partial charge in [0, 0.05) is 41.1 Å². The van der Waals surface area contributed by atoms with E-state index in [1.165, 1.54) is 5.56 Å². The van der Waals surface area contributed by atoms with Crippen molar-refractivity contribution in [2.75, 3.05) is 20.4 Å². The predicted octanol–water partition coefficient (Wildman–Crippen LogP) is 2.46. The Morgan fingerprint density at radius 1 is 1.14 bits per heavy atom. The molecule has 0 amide bonds. The van der Waals surface area contributed by atoms with Crippen molar-refractivity contribution in [2.45, 2.75) is 18.0 Å². The van der Waals surface area contributed by atoms with Gasteiger partial charge in [0.15, 0.2) is 0 Å². The van der Waals surface area contributed by atoms with E-state index in [2.05, 4.69) is 9.88 Å². The molecule has 1 aromatic carbocycles. The Kier molecular flexibility index (Phi) is 5.47. The molecule has 112 valence electrons. The van der Waals surface area contributed by atoms with Crippen LogP contribution in [-0.4, -0.2) is 34.5 Å². The summed E-state index contributed by atoms with van der Waals surface area (Å²) in [5, 5.41) is 0. The van der Waals surface area contributed by atoms with Crippen LogP contribution < -0.4 is 4.74 Å². The lowest BCUT2D eigenvalue weighted by atomic mass is 10.2.